The van der Waals surface area contributed by atoms with Gasteiger partial charge in [-0.15, -0.1) is 0 Å². The van der Waals surface area contributed by atoms with Crippen molar-refractivity contribution in [3.8, 4) is 0 Å². The van der Waals surface area contributed by atoms with Crippen LogP contribution < -0.4 is 10.6 Å². The number of nitrogens with two attached hydrogens (primary N) is 1. The molecule has 0 amide bonds. The number of hydrogen-bond donors (Lipinski definition) is 1. The Kier molecular flexibility index (Phi) is 4.39. The summed E-state index contributed by atoms with van der Waals surface area (Å²) in [4.78, 5) is 7.28. The second-order valence-corrected chi connectivity index (χ2v) is 6.08. The van der Waals surface area contributed by atoms with Gasteiger partial charge >= 0.3 is 0 Å². The van der Waals surface area contributed by atoms with Crippen molar-refractivity contribution in [2.45, 2.75) is 39.2 Å². The molecule has 1 aromatic heterocycles. The second-order valence-electron chi connectivity index (χ2n) is 6.08. The molecule has 1 saturated heterocycles. The average Bonchev–Trinajstić information content (AvgIpc) is 2.55. The zero-order valence-corrected chi connectivity index (χ0v) is 12.9. The van der Waals surface area contributed by atoms with E-state index in [2.05, 4.69) is 36.1 Å². The molecular weight excluding hydrogens is 258 g/mol. The van der Waals surface area contributed by atoms with Gasteiger partial charge in [0.1, 0.15) is 5.82 Å². The van der Waals surface area contributed by atoms with Gasteiger partial charge in [0.15, 0.2) is 0 Å². The molecule has 0 bridgehead atoms. The lowest BCUT2D eigenvalue weighted by atomic mass is 9.92. The lowest BCUT2D eigenvalue weighted by Gasteiger charge is -2.33. The largest absolute Gasteiger partial charge is 0.357 e. The van der Waals surface area contributed by atoms with Crippen LogP contribution in [0.25, 0.3) is 10.9 Å². The summed E-state index contributed by atoms with van der Waals surface area (Å²) in [7, 11) is 0. The van der Waals surface area contributed by atoms with Crippen LogP contribution in [-0.2, 0) is 6.54 Å². The van der Waals surface area contributed by atoms with Crippen molar-refractivity contribution in [3.63, 3.8) is 0 Å². The summed E-state index contributed by atoms with van der Waals surface area (Å²) >= 11 is 0. The van der Waals surface area contributed by atoms with Crippen molar-refractivity contribution in [1.29, 1.82) is 0 Å². The highest BCUT2D eigenvalue weighted by molar-refractivity contribution is 5.84. The summed E-state index contributed by atoms with van der Waals surface area (Å²) in [6, 6.07) is 10.5. The minimum Gasteiger partial charge on any atom is -0.357 e. The van der Waals surface area contributed by atoms with Gasteiger partial charge in [-0.05, 0) is 36.5 Å². The molecule has 3 heteroatoms. The molecule has 1 aliphatic rings. The first-order valence-electron chi connectivity index (χ1n) is 8.15. The van der Waals surface area contributed by atoms with Gasteiger partial charge in [0.2, 0.25) is 0 Å². The summed E-state index contributed by atoms with van der Waals surface area (Å²) in [6.07, 6.45) is 5.25. The normalized spacial score (nSPS) is 16.6. The fraction of sp³-hybridized carbons (Fsp3) is 0.500. The Bertz CT molecular complexity index is 600. The first-order chi connectivity index (χ1) is 10.3. The van der Waals surface area contributed by atoms with Gasteiger partial charge in [-0.1, -0.05) is 38.0 Å². The predicted molar refractivity (Wildman–Crippen MR) is 89.5 cm³/mol. The highest BCUT2D eigenvalue weighted by Gasteiger charge is 2.20. The standard InChI is InChI=1S/C18H25N3/c1-2-5-14-8-10-21(11-9-14)18-12-15(13-19)16-6-3-4-7-17(16)20-18/h3-4,6-7,12,14H,2,5,8-11,13,19H2,1H3. The molecule has 0 atom stereocenters. The SMILES string of the molecule is CCCC1CCN(c2cc(CN)c3ccccc3n2)CC1. The molecular formula is C18H25N3. The van der Waals surface area contributed by atoms with Crippen LogP contribution in [-0.4, -0.2) is 18.1 Å². The lowest BCUT2D eigenvalue weighted by Crippen LogP contribution is -2.34. The van der Waals surface area contributed by atoms with E-state index >= 15 is 0 Å². The highest BCUT2D eigenvalue weighted by atomic mass is 15.2. The Morgan fingerprint density at radius 1 is 1.24 bits per heavy atom. The first-order valence-corrected chi connectivity index (χ1v) is 8.15. The van der Waals surface area contributed by atoms with Crippen molar-refractivity contribution in [1.82, 2.24) is 4.98 Å². The third kappa shape index (κ3) is 3.03. The quantitative estimate of drug-likeness (QED) is 0.930. The summed E-state index contributed by atoms with van der Waals surface area (Å²) in [5, 5.41) is 1.18. The summed E-state index contributed by atoms with van der Waals surface area (Å²) in [5.74, 6) is 2.00. The molecule has 112 valence electrons. The van der Waals surface area contributed by atoms with E-state index in [1.165, 1.54) is 36.6 Å². The van der Waals surface area contributed by atoms with Crippen LogP contribution in [0.15, 0.2) is 30.3 Å². The maximum atomic E-state index is 5.93. The molecule has 0 radical (unpaired) electrons. The smallest absolute Gasteiger partial charge is 0.129 e. The van der Waals surface area contributed by atoms with Crippen molar-refractivity contribution in [3.05, 3.63) is 35.9 Å². The predicted octanol–water partition coefficient (Wildman–Crippen LogP) is 3.71. The van der Waals surface area contributed by atoms with Gasteiger partial charge in [-0.3, -0.25) is 0 Å². The van der Waals surface area contributed by atoms with Crippen molar-refractivity contribution >= 4 is 16.7 Å². The van der Waals surface area contributed by atoms with Crippen molar-refractivity contribution in [2.75, 3.05) is 18.0 Å². The number of benzene rings is 1. The summed E-state index contributed by atoms with van der Waals surface area (Å²) in [5.41, 5.74) is 8.19. The van der Waals surface area contributed by atoms with Crippen molar-refractivity contribution in [2.24, 2.45) is 11.7 Å². The molecule has 0 unspecified atom stereocenters. The van der Waals surface area contributed by atoms with E-state index in [9.17, 15) is 0 Å². The molecule has 0 spiro atoms. The Labute approximate surface area is 127 Å². The van der Waals surface area contributed by atoms with E-state index in [0.29, 0.717) is 6.54 Å². The van der Waals surface area contributed by atoms with E-state index in [1.54, 1.807) is 0 Å². The van der Waals surface area contributed by atoms with Crippen LogP contribution in [0.5, 0.6) is 0 Å². The van der Waals surface area contributed by atoms with Gasteiger partial charge in [-0.2, -0.15) is 0 Å². The lowest BCUT2D eigenvalue weighted by molar-refractivity contribution is 0.377. The van der Waals surface area contributed by atoms with E-state index in [4.69, 9.17) is 10.7 Å². The van der Waals surface area contributed by atoms with Gasteiger partial charge in [0.05, 0.1) is 5.52 Å². The van der Waals surface area contributed by atoms with Crippen LogP contribution in [0.3, 0.4) is 0 Å². The average molecular weight is 283 g/mol. The maximum Gasteiger partial charge on any atom is 0.129 e. The third-order valence-electron chi connectivity index (χ3n) is 4.64. The van der Waals surface area contributed by atoms with Crippen LogP contribution in [0.4, 0.5) is 5.82 Å². The minimum atomic E-state index is 0.572. The zero-order valence-electron chi connectivity index (χ0n) is 12.9. The third-order valence-corrected chi connectivity index (χ3v) is 4.64. The molecule has 2 N–H and O–H groups in total. The molecule has 3 rings (SSSR count). The van der Waals surface area contributed by atoms with Gasteiger partial charge in [0.25, 0.3) is 0 Å². The minimum absolute atomic E-state index is 0.572. The van der Waals surface area contributed by atoms with Crippen molar-refractivity contribution < 1.29 is 0 Å². The van der Waals surface area contributed by atoms with Gasteiger partial charge in [-0.25, -0.2) is 4.98 Å². The van der Waals surface area contributed by atoms with Crippen LogP contribution in [0.1, 0.15) is 38.2 Å². The molecule has 3 nitrogen and oxygen atoms in total. The van der Waals surface area contributed by atoms with E-state index in [-0.39, 0.29) is 0 Å². The number of para-hydroxylation sites is 1. The molecule has 1 aromatic carbocycles. The van der Waals surface area contributed by atoms with E-state index in [0.717, 1.165) is 30.3 Å². The Hall–Kier alpha value is -1.61. The second kappa shape index (κ2) is 6.44. The Balaban J connectivity index is 1.84. The Morgan fingerprint density at radius 3 is 2.71 bits per heavy atom. The number of anilines is 1. The van der Waals surface area contributed by atoms with Crippen LogP contribution in [0, 0.1) is 5.92 Å². The topological polar surface area (TPSA) is 42.1 Å². The molecule has 21 heavy (non-hydrogen) atoms. The number of fused-ring (bicyclic) bond motifs is 1. The van der Waals surface area contributed by atoms with E-state index in [1.807, 2.05) is 6.07 Å². The van der Waals surface area contributed by atoms with Crippen LogP contribution >= 0.6 is 0 Å². The zero-order chi connectivity index (χ0) is 14.7. The monoisotopic (exact) mass is 283 g/mol. The van der Waals surface area contributed by atoms with E-state index < -0.39 is 0 Å². The van der Waals surface area contributed by atoms with Gasteiger partial charge < -0.3 is 10.6 Å². The summed E-state index contributed by atoms with van der Waals surface area (Å²) < 4.78 is 0. The fourth-order valence-electron chi connectivity index (χ4n) is 3.42. The Morgan fingerprint density at radius 2 is 2.00 bits per heavy atom. The fourth-order valence-corrected chi connectivity index (χ4v) is 3.42. The molecule has 2 aromatic rings. The molecule has 1 aliphatic heterocycles. The number of rotatable bonds is 4. The molecule has 0 saturated carbocycles. The number of aromatic nitrogens is 1. The molecule has 1 fully saturated rings. The molecule has 2 heterocycles. The molecule has 0 aliphatic carbocycles. The van der Waals surface area contributed by atoms with Gasteiger partial charge in [0, 0.05) is 25.0 Å². The first kappa shape index (κ1) is 14.3. The maximum absolute atomic E-state index is 5.93. The number of pyridine rings is 1. The highest BCUT2D eigenvalue weighted by Crippen LogP contribution is 2.28. The van der Waals surface area contributed by atoms with Crippen LogP contribution in [0.2, 0.25) is 0 Å². The number of hydrogen-bond acceptors (Lipinski definition) is 3. The number of nitrogens with zero attached hydrogens (tertiary/aromatic N) is 2. The summed E-state index contributed by atoms with van der Waals surface area (Å²) in [6.45, 7) is 5.10. The number of piperidine rings is 1.